The Hall–Kier alpha value is -1.60. The van der Waals surface area contributed by atoms with Crippen LogP contribution in [0.2, 0.25) is 0 Å². The van der Waals surface area contributed by atoms with E-state index in [0.717, 1.165) is 45.3 Å². The van der Waals surface area contributed by atoms with Crippen LogP contribution in [0.3, 0.4) is 0 Å². The first-order valence-electron chi connectivity index (χ1n) is 9.19. The predicted octanol–water partition coefficient (Wildman–Crippen LogP) is 2.15. The SMILES string of the molecule is CC1(CNC(=O)CCCCOc2ccc(S(C)(=O)=O)cc2)CCNCC1. The van der Waals surface area contributed by atoms with E-state index in [-0.39, 0.29) is 16.2 Å². The Morgan fingerprint density at radius 2 is 1.85 bits per heavy atom. The first kappa shape index (κ1) is 20.7. The molecule has 2 N–H and O–H groups in total. The molecule has 0 saturated carbocycles. The lowest BCUT2D eigenvalue weighted by Crippen LogP contribution is -2.42. The normalized spacial score (nSPS) is 16.8. The van der Waals surface area contributed by atoms with Gasteiger partial charge in [0.1, 0.15) is 5.75 Å². The summed E-state index contributed by atoms with van der Waals surface area (Å²) in [4.78, 5) is 12.2. The fraction of sp³-hybridized carbons (Fsp3) is 0.632. The Morgan fingerprint density at radius 1 is 1.19 bits per heavy atom. The van der Waals surface area contributed by atoms with E-state index < -0.39 is 9.84 Å². The summed E-state index contributed by atoms with van der Waals surface area (Å²) in [6.45, 7) is 5.53. The highest BCUT2D eigenvalue weighted by molar-refractivity contribution is 7.90. The van der Waals surface area contributed by atoms with E-state index in [1.807, 2.05) is 0 Å². The lowest BCUT2D eigenvalue weighted by Gasteiger charge is -2.34. The van der Waals surface area contributed by atoms with Gasteiger partial charge in [-0.2, -0.15) is 0 Å². The molecule has 1 aromatic rings. The van der Waals surface area contributed by atoms with Gasteiger partial charge in [-0.25, -0.2) is 8.42 Å². The van der Waals surface area contributed by atoms with Gasteiger partial charge in [0.2, 0.25) is 5.91 Å². The molecule has 146 valence electrons. The van der Waals surface area contributed by atoms with Crippen LogP contribution >= 0.6 is 0 Å². The van der Waals surface area contributed by atoms with Crippen molar-refractivity contribution in [2.75, 3.05) is 32.5 Å². The number of rotatable bonds is 9. The maximum atomic E-state index is 12.0. The molecule has 0 spiro atoms. The van der Waals surface area contributed by atoms with Gasteiger partial charge in [-0.1, -0.05) is 6.92 Å². The topological polar surface area (TPSA) is 84.5 Å². The molecule has 1 aromatic carbocycles. The molecular formula is C19H30N2O4S. The monoisotopic (exact) mass is 382 g/mol. The molecule has 0 radical (unpaired) electrons. The number of benzene rings is 1. The molecule has 1 aliphatic heterocycles. The number of piperidine rings is 1. The van der Waals surface area contributed by atoms with Gasteiger partial charge in [0.25, 0.3) is 0 Å². The minimum Gasteiger partial charge on any atom is -0.494 e. The van der Waals surface area contributed by atoms with Gasteiger partial charge in [-0.05, 0) is 68.5 Å². The van der Waals surface area contributed by atoms with Crippen LogP contribution in [0.5, 0.6) is 5.75 Å². The van der Waals surface area contributed by atoms with Crippen LogP contribution in [0.25, 0.3) is 0 Å². The second-order valence-electron chi connectivity index (χ2n) is 7.39. The maximum absolute atomic E-state index is 12.0. The smallest absolute Gasteiger partial charge is 0.220 e. The number of carbonyl (C=O) groups excluding carboxylic acids is 1. The van der Waals surface area contributed by atoms with E-state index in [9.17, 15) is 13.2 Å². The highest BCUT2D eigenvalue weighted by Crippen LogP contribution is 2.26. The molecule has 1 heterocycles. The Bertz CT molecular complexity index is 680. The van der Waals surface area contributed by atoms with E-state index in [4.69, 9.17) is 4.74 Å². The highest BCUT2D eigenvalue weighted by Gasteiger charge is 2.26. The Morgan fingerprint density at radius 3 is 2.46 bits per heavy atom. The summed E-state index contributed by atoms with van der Waals surface area (Å²) in [5.74, 6) is 0.739. The number of sulfone groups is 1. The predicted molar refractivity (Wildman–Crippen MR) is 102 cm³/mol. The fourth-order valence-corrected chi connectivity index (χ4v) is 3.60. The molecule has 0 atom stereocenters. The Balaban J connectivity index is 1.59. The quantitative estimate of drug-likeness (QED) is 0.639. The molecular weight excluding hydrogens is 352 g/mol. The lowest BCUT2D eigenvalue weighted by atomic mass is 9.81. The average molecular weight is 383 g/mol. The molecule has 6 nitrogen and oxygen atoms in total. The number of amides is 1. The zero-order chi connectivity index (χ0) is 19.0. The van der Waals surface area contributed by atoms with Crippen LogP contribution in [0, 0.1) is 5.41 Å². The van der Waals surface area contributed by atoms with Crippen molar-refractivity contribution in [3.63, 3.8) is 0 Å². The molecule has 1 fully saturated rings. The van der Waals surface area contributed by atoms with Crippen molar-refractivity contribution in [3.05, 3.63) is 24.3 Å². The molecule has 1 saturated heterocycles. The summed E-state index contributed by atoms with van der Waals surface area (Å²) < 4.78 is 28.4. The van der Waals surface area contributed by atoms with Crippen molar-refractivity contribution < 1.29 is 17.9 Å². The van der Waals surface area contributed by atoms with Gasteiger partial charge >= 0.3 is 0 Å². The van der Waals surface area contributed by atoms with Gasteiger partial charge in [0.15, 0.2) is 9.84 Å². The Kier molecular flexibility index (Phi) is 7.46. The zero-order valence-electron chi connectivity index (χ0n) is 15.7. The summed E-state index contributed by atoms with van der Waals surface area (Å²) in [7, 11) is -3.18. The van der Waals surface area contributed by atoms with Gasteiger partial charge in [-0.3, -0.25) is 4.79 Å². The van der Waals surface area contributed by atoms with Crippen LogP contribution in [-0.2, 0) is 14.6 Å². The third-order valence-corrected chi connectivity index (χ3v) is 5.97. The standard InChI is InChI=1S/C19H30N2O4S/c1-19(10-12-20-13-11-19)15-21-18(22)5-3-4-14-25-16-6-8-17(9-7-16)26(2,23)24/h6-9,20H,3-5,10-15H2,1-2H3,(H,21,22). The zero-order valence-corrected chi connectivity index (χ0v) is 16.5. The summed E-state index contributed by atoms with van der Waals surface area (Å²) in [5.41, 5.74) is 0.210. The molecule has 0 bridgehead atoms. The van der Waals surface area contributed by atoms with E-state index in [1.165, 1.54) is 6.26 Å². The minimum atomic E-state index is -3.18. The largest absolute Gasteiger partial charge is 0.494 e. The number of hydrogen-bond donors (Lipinski definition) is 2. The number of carbonyl (C=O) groups is 1. The van der Waals surface area contributed by atoms with Crippen molar-refractivity contribution in [2.24, 2.45) is 5.41 Å². The fourth-order valence-electron chi connectivity index (χ4n) is 2.97. The minimum absolute atomic E-state index is 0.0993. The van der Waals surface area contributed by atoms with Crippen molar-refractivity contribution in [1.29, 1.82) is 0 Å². The van der Waals surface area contributed by atoms with Crippen LogP contribution in [-0.4, -0.2) is 46.8 Å². The molecule has 0 aliphatic carbocycles. The van der Waals surface area contributed by atoms with E-state index in [0.29, 0.717) is 18.8 Å². The molecule has 0 aromatic heterocycles. The van der Waals surface area contributed by atoms with Crippen molar-refractivity contribution >= 4 is 15.7 Å². The van der Waals surface area contributed by atoms with Crippen LogP contribution in [0.4, 0.5) is 0 Å². The molecule has 26 heavy (non-hydrogen) atoms. The number of nitrogens with one attached hydrogen (secondary N) is 2. The maximum Gasteiger partial charge on any atom is 0.220 e. The first-order chi connectivity index (χ1) is 12.3. The molecule has 2 rings (SSSR count). The summed E-state index contributed by atoms with van der Waals surface area (Å²) in [6.07, 6.45) is 5.43. The molecule has 1 amide bonds. The first-order valence-corrected chi connectivity index (χ1v) is 11.1. The third kappa shape index (κ3) is 6.96. The van der Waals surface area contributed by atoms with Crippen molar-refractivity contribution in [2.45, 2.75) is 43.9 Å². The third-order valence-electron chi connectivity index (χ3n) is 4.84. The van der Waals surface area contributed by atoms with E-state index in [2.05, 4.69) is 17.6 Å². The number of unbranched alkanes of at least 4 members (excludes halogenated alkanes) is 1. The van der Waals surface area contributed by atoms with Crippen LogP contribution in [0.1, 0.15) is 39.0 Å². The summed E-state index contributed by atoms with van der Waals surface area (Å²) in [6, 6.07) is 6.39. The van der Waals surface area contributed by atoms with E-state index >= 15 is 0 Å². The van der Waals surface area contributed by atoms with Gasteiger partial charge in [0.05, 0.1) is 11.5 Å². The second-order valence-corrected chi connectivity index (χ2v) is 9.40. The summed E-state index contributed by atoms with van der Waals surface area (Å²) >= 11 is 0. The Labute approximate surface area is 156 Å². The van der Waals surface area contributed by atoms with Crippen LogP contribution in [0.15, 0.2) is 29.2 Å². The molecule has 7 heteroatoms. The van der Waals surface area contributed by atoms with Crippen molar-refractivity contribution in [1.82, 2.24) is 10.6 Å². The highest BCUT2D eigenvalue weighted by atomic mass is 32.2. The van der Waals surface area contributed by atoms with E-state index in [1.54, 1.807) is 24.3 Å². The lowest BCUT2D eigenvalue weighted by molar-refractivity contribution is -0.121. The second kappa shape index (κ2) is 9.37. The summed E-state index contributed by atoms with van der Waals surface area (Å²) in [5, 5.41) is 6.40. The van der Waals surface area contributed by atoms with Gasteiger partial charge in [-0.15, -0.1) is 0 Å². The number of hydrogen-bond acceptors (Lipinski definition) is 5. The number of ether oxygens (including phenoxy) is 1. The van der Waals surface area contributed by atoms with Gasteiger partial charge < -0.3 is 15.4 Å². The molecule has 0 unspecified atom stereocenters. The van der Waals surface area contributed by atoms with Crippen LogP contribution < -0.4 is 15.4 Å². The average Bonchev–Trinajstić information content (AvgIpc) is 2.60. The van der Waals surface area contributed by atoms with Crippen molar-refractivity contribution in [3.8, 4) is 5.75 Å². The molecule has 1 aliphatic rings. The van der Waals surface area contributed by atoms with Gasteiger partial charge in [0, 0.05) is 19.2 Å².